The van der Waals surface area contributed by atoms with Gasteiger partial charge in [0.1, 0.15) is 16.7 Å². The molecule has 0 bridgehead atoms. The van der Waals surface area contributed by atoms with Crippen LogP contribution >= 0.6 is 11.3 Å². The summed E-state index contributed by atoms with van der Waals surface area (Å²) in [5, 5.41) is 3.11. The molecule has 0 aliphatic carbocycles. The summed E-state index contributed by atoms with van der Waals surface area (Å²) in [4.78, 5) is 36.1. The van der Waals surface area contributed by atoms with Gasteiger partial charge in [-0.05, 0) is 35.6 Å². The second-order valence-corrected chi connectivity index (χ2v) is 6.91. The van der Waals surface area contributed by atoms with Crippen molar-refractivity contribution in [3.63, 3.8) is 0 Å². The van der Waals surface area contributed by atoms with Gasteiger partial charge in [-0.2, -0.15) is 0 Å². The number of nitrogens with one attached hydrogen (secondary N) is 1. The lowest BCUT2D eigenvalue weighted by molar-refractivity contribution is -0.147. The zero-order valence-electron chi connectivity index (χ0n) is 14.7. The normalized spacial score (nSPS) is 13.1. The van der Waals surface area contributed by atoms with Gasteiger partial charge in [-0.15, -0.1) is 11.3 Å². The molecule has 1 amide bonds. The van der Waals surface area contributed by atoms with E-state index in [9.17, 15) is 18.8 Å². The number of hydrogen-bond acceptors (Lipinski definition) is 6. The molecule has 0 unspecified atom stereocenters. The van der Waals surface area contributed by atoms with Crippen LogP contribution in [0.3, 0.4) is 0 Å². The van der Waals surface area contributed by atoms with Gasteiger partial charge in [-0.1, -0.05) is 20.3 Å². The average Bonchev–Trinajstić information content (AvgIpc) is 3.06. The van der Waals surface area contributed by atoms with E-state index in [4.69, 9.17) is 4.74 Å². The Balaban J connectivity index is 1.96. The fourth-order valence-corrected chi connectivity index (χ4v) is 3.27. The minimum atomic E-state index is -0.802. The zero-order chi connectivity index (χ0) is 19.3. The van der Waals surface area contributed by atoms with Crippen LogP contribution in [-0.2, 0) is 19.1 Å². The second-order valence-electron chi connectivity index (χ2n) is 5.82. The highest BCUT2D eigenvalue weighted by atomic mass is 32.1. The molecule has 6 nitrogen and oxygen atoms in total. The Kier molecular flexibility index (Phi) is 6.68. The number of methoxy groups -OCH3 is 1. The molecule has 1 N–H and O–H groups in total. The standard InChI is InChI=1S/C18H20FNO5S/c1-4-10(2)16(18(23)24-3)20-15(21)9-25-17(22)14-8-11-7-12(19)5-6-13(11)26-14/h5-8,10,16H,4,9H2,1-3H3,(H,20,21)/t10-,16-/m1/s1. The predicted molar refractivity (Wildman–Crippen MR) is 95.5 cm³/mol. The molecule has 2 aromatic rings. The Morgan fingerprint density at radius 3 is 2.65 bits per heavy atom. The molecule has 1 aromatic carbocycles. The van der Waals surface area contributed by atoms with Crippen molar-refractivity contribution >= 4 is 39.3 Å². The number of thiophene rings is 1. The molecule has 26 heavy (non-hydrogen) atoms. The van der Waals surface area contributed by atoms with Crippen LogP contribution in [0, 0.1) is 11.7 Å². The van der Waals surface area contributed by atoms with Crippen molar-refractivity contribution in [3.8, 4) is 0 Å². The van der Waals surface area contributed by atoms with Crippen LogP contribution in [0.1, 0.15) is 29.9 Å². The highest BCUT2D eigenvalue weighted by Crippen LogP contribution is 2.26. The fourth-order valence-electron chi connectivity index (χ4n) is 2.33. The molecule has 1 aromatic heterocycles. The fraction of sp³-hybridized carbons (Fsp3) is 0.389. The first-order valence-electron chi connectivity index (χ1n) is 8.09. The van der Waals surface area contributed by atoms with Gasteiger partial charge in [0.05, 0.1) is 7.11 Å². The van der Waals surface area contributed by atoms with E-state index in [1.165, 1.54) is 25.3 Å². The summed E-state index contributed by atoms with van der Waals surface area (Å²) in [6.45, 7) is 3.17. The van der Waals surface area contributed by atoms with Gasteiger partial charge in [-0.3, -0.25) is 4.79 Å². The lowest BCUT2D eigenvalue weighted by Crippen LogP contribution is -2.47. The number of ether oxygens (including phenoxy) is 2. The summed E-state index contributed by atoms with van der Waals surface area (Å²) in [5.74, 6) is -2.35. The van der Waals surface area contributed by atoms with E-state index < -0.39 is 36.3 Å². The molecule has 0 saturated heterocycles. The number of amides is 1. The monoisotopic (exact) mass is 381 g/mol. The Bertz CT molecular complexity index is 819. The van der Waals surface area contributed by atoms with Crippen LogP contribution < -0.4 is 5.32 Å². The first-order chi connectivity index (χ1) is 12.3. The molecule has 0 aliphatic heterocycles. The molecule has 8 heteroatoms. The SMILES string of the molecule is CC[C@@H](C)[C@@H](NC(=O)COC(=O)c1cc2cc(F)ccc2s1)C(=O)OC. The largest absolute Gasteiger partial charge is 0.467 e. The van der Waals surface area contributed by atoms with Crippen LogP contribution in [0.15, 0.2) is 24.3 Å². The second kappa shape index (κ2) is 8.75. The molecular formula is C18H20FNO5S. The van der Waals surface area contributed by atoms with Crippen LogP contribution in [0.5, 0.6) is 0 Å². The third kappa shape index (κ3) is 4.78. The van der Waals surface area contributed by atoms with Crippen molar-refractivity contribution in [1.82, 2.24) is 5.32 Å². The van der Waals surface area contributed by atoms with Crippen molar-refractivity contribution in [3.05, 3.63) is 35.0 Å². The van der Waals surface area contributed by atoms with Gasteiger partial charge in [0.25, 0.3) is 5.91 Å². The lowest BCUT2D eigenvalue weighted by Gasteiger charge is -2.21. The predicted octanol–water partition coefficient (Wildman–Crippen LogP) is 2.90. The van der Waals surface area contributed by atoms with E-state index in [0.29, 0.717) is 11.8 Å². The van der Waals surface area contributed by atoms with E-state index >= 15 is 0 Å². The Morgan fingerprint density at radius 1 is 1.27 bits per heavy atom. The smallest absolute Gasteiger partial charge is 0.348 e. The summed E-state index contributed by atoms with van der Waals surface area (Å²) < 4.78 is 23.6. The van der Waals surface area contributed by atoms with E-state index in [-0.39, 0.29) is 10.8 Å². The topological polar surface area (TPSA) is 81.7 Å². The molecule has 140 valence electrons. The number of carbonyl (C=O) groups excluding carboxylic acids is 3. The molecule has 2 atom stereocenters. The van der Waals surface area contributed by atoms with Gasteiger partial charge >= 0.3 is 11.9 Å². The number of benzene rings is 1. The Hall–Kier alpha value is -2.48. The lowest BCUT2D eigenvalue weighted by atomic mass is 9.99. The summed E-state index contributed by atoms with van der Waals surface area (Å²) in [6, 6.07) is 4.92. The van der Waals surface area contributed by atoms with Gasteiger partial charge in [-0.25, -0.2) is 14.0 Å². The molecule has 0 fully saturated rings. The molecule has 0 aliphatic rings. The number of halogens is 1. The van der Waals surface area contributed by atoms with Gasteiger partial charge < -0.3 is 14.8 Å². The number of hydrogen-bond donors (Lipinski definition) is 1. The maximum Gasteiger partial charge on any atom is 0.348 e. The molecular weight excluding hydrogens is 361 g/mol. The first kappa shape index (κ1) is 19.8. The van der Waals surface area contributed by atoms with Crippen LogP contribution in [0.2, 0.25) is 0 Å². The molecule has 0 saturated carbocycles. The molecule has 0 radical (unpaired) electrons. The Labute approximate surface area is 154 Å². The molecule has 2 rings (SSSR count). The minimum Gasteiger partial charge on any atom is -0.467 e. The van der Waals surface area contributed by atoms with E-state index in [0.717, 1.165) is 16.0 Å². The quantitative estimate of drug-likeness (QED) is 0.746. The minimum absolute atomic E-state index is 0.125. The third-order valence-electron chi connectivity index (χ3n) is 4.00. The molecule has 0 spiro atoms. The van der Waals surface area contributed by atoms with Crippen LogP contribution in [-0.4, -0.2) is 37.6 Å². The van der Waals surface area contributed by atoms with E-state index in [1.54, 1.807) is 6.07 Å². The summed E-state index contributed by atoms with van der Waals surface area (Å²) in [5.41, 5.74) is 0. The van der Waals surface area contributed by atoms with Crippen molar-refractivity contribution in [1.29, 1.82) is 0 Å². The number of rotatable bonds is 7. The van der Waals surface area contributed by atoms with Crippen molar-refractivity contribution in [2.24, 2.45) is 5.92 Å². The number of esters is 2. The maximum absolute atomic E-state index is 13.2. The maximum atomic E-state index is 13.2. The third-order valence-corrected chi connectivity index (χ3v) is 5.09. The van der Waals surface area contributed by atoms with Gasteiger partial charge in [0.15, 0.2) is 6.61 Å². The van der Waals surface area contributed by atoms with Crippen molar-refractivity contribution in [2.75, 3.05) is 13.7 Å². The van der Waals surface area contributed by atoms with Crippen molar-refractivity contribution < 1.29 is 28.2 Å². The summed E-state index contributed by atoms with van der Waals surface area (Å²) >= 11 is 1.15. The number of fused-ring (bicyclic) bond motifs is 1. The summed E-state index contributed by atoms with van der Waals surface area (Å²) in [7, 11) is 1.24. The summed E-state index contributed by atoms with van der Waals surface area (Å²) in [6.07, 6.45) is 0.665. The first-order valence-corrected chi connectivity index (χ1v) is 8.90. The highest BCUT2D eigenvalue weighted by molar-refractivity contribution is 7.20. The van der Waals surface area contributed by atoms with E-state index in [2.05, 4.69) is 10.1 Å². The van der Waals surface area contributed by atoms with Gasteiger partial charge in [0, 0.05) is 4.70 Å². The average molecular weight is 381 g/mol. The number of carbonyl (C=O) groups is 3. The zero-order valence-corrected chi connectivity index (χ0v) is 15.5. The van der Waals surface area contributed by atoms with Crippen LogP contribution in [0.25, 0.3) is 10.1 Å². The van der Waals surface area contributed by atoms with Gasteiger partial charge in [0.2, 0.25) is 0 Å². The van der Waals surface area contributed by atoms with Crippen molar-refractivity contribution in [2.45, 2.75) is 26.3 Å². The molecule has 1 heterocycles. The highest BCUT2D eigenvalue weighted by Gasteiger charge is 2.27. The van der Waals surface area contributed by atoms with E-state index in [1.807, 2.05) is 13.8 Å². The Morgan fingerprint density at radius 2 is 2.00 bits per heavy atom. The van der Waals surface area contributed by atoms with Crippen LogP contribution in [0.4, 0.5) is 4.39 Å².